The molecule has 0 radical (unpaired) electrons. The van der Waals surface area contributed by atoms with Crippen molar-refractivity contribution in [3.05, 3.63) is 81.7 Å². The number of hydrogen-bond acceptors (Lipinski definition) is 4. The first-order valence-corrected chi connectivity index (χ1v) is 8.50. The molecule has 27 heavy (non-hydrogen) atoms. The summed E-state index contributed by atoms with van der Waals surface area (Å²) in [7, 11) is 0. The number of nitrogens with one attached hydrogen (secondary N) is 1. The van der Waals surface area contributed by atoms with Crippen LogP contribution in [0.25, 0.3) is 17.3 Å². The zero-order valence-electron chi connectivity index (χ0n) is 14.9. The fraction of sp³-hybridized carbons (Fsp3) is 0.0952. The molecule has 0 aliphatic carbocycles. The standard InChI is InChI=1S/C21H17N3O3/c1-13-8-10-16(11-9-13)24-20(25)17(14(2)22-24)12-18-19(23-27-21(18)26)15-6-4-3-5-7-15/h3-12,23H,1-2H3/b17-12-. The number of carbonyl (C=O) groups excluding carboxylic acids is 1. The third-order valence-electron chi connectivity index (χ3n) is 4.43. The van der Waals surface area contributed by atoms with Gasteiger partial charge in [-0.15, -0.1) is 0 Å². The van der Waals surface area contributed by atoms with Crippen molar-refractivity contribution in [2.24, 2.45) is 5.10 Å². The summed E-state index contributed by atoms with van der Waals surface area (Å²) in [5.41, 5.74) is 3.77. The Hall–Kier alpha value is -3.67. The van der Waals surface area contributed by atoms with Gasteiger partial charge in [0.1, 0.15) is 0 Å². The molecule has 0 unspecified atom stereocenters. The molecule has 6 heteroatoms. The van der Waals surface area contributed by atoms with Crippen LogP contribution >= 0.6 is 0 Å². The summed E-state index contributed by atoms with van der Waals surface area (Å²) in [6.07, 6.45) is 1.54. The van der Waals surface area contributed by atoms with Crippen molar-refractivity contribution in [2.75, 3.05) is 5.01 Å². The van der Waals surface area contributed by atoms with Crippen LogP contribution < -0.4 is 10.6 Å². The zero-order chi connectivity index (χ0) is 19.0. The van der Waals surface area contributed by atoms with Gasteiger partial charge in [-0.1, -0.05) is 48.0 Å². The summed E-state index contributed by atoms with van der Waals surface area (Å²) in [4.78, 5) is 25.1. The maximum Gasteiger partial charge on any atom is 0.365 e. The first kappa shape index (κ1) is 16.8. The van der Waals surface area contributed by atoms with E-state index in [9.17, 15) is 9.59 Å². The summed E-state index contributed by atoms with van der Waals surface area (Å²) in [5, 5.41) is 8.34. The number of aromatic nitrogens is 1. The SMILES string of the molecule is CC1=NN(c2ccc(C)cc2)C(=O)/C1=C\c1c(-c2ccccc2)[nH]oc1=O. The highest BCUT2D eigenvalue weighted by molar-refractivity contribution is 6.32. The summed E-state index contributed by atoms with van der Waals surface area (Å²) in [5.74, 6) is -0.282. The molecular formula is C21H17N3O3. The number of carbonyl (C=O) groups is 1. The van der Waals surface area contributed by atoms with Gasteiger partial charge in [-0.3, -0.25) is 4.79 Å². The number of amides is 1. The van der Waals surface area contributed by atoms with E-state index in [1.807, 2.05) is 61.5 Å². The summed E-state index contributed by atoms with van der Waals surface area (Å²) < 4.78 is 4.97. The lowest BCUT2D eigenvalue weighted by molar-refractivity contribution is -0.114. The van der Waals surface area contributed by atoms with Gasteiger partial charge in [-0.05, 0) is 32.1 Å². The molecular weight excluding hydrogens is 342 g/mol. The molecule has 1 amide bonds. The van der Waals surface area contributed by atoms with E-state index in [1.54, 1.807) is 13.0 Å². The van der Waals surface area contributed by atoms with Crippen molar-refractivity contribution in [3.8, 4) is 11.3 Å². The lowest BCUT2D eigenvalue weighted by atomic mass is 10.0. The number of hydrazone groups is 1. The van der Waals surface area contributed by atoms with Crippen LogP contribution in [0.3, 0.4) is 0 Å². The molecule has 0 spiro atoms. The normalized spacial score (nSPS) is 15.5. The van der Waals surface area contributed by atoms with E-state index in [2.05, 4.69) is 10.3 Å². The number of benzene rings is 2. The van der Waals surface area contributed by atoms with Gasteiger partial charge in [0, 0.05) is 5.56 Å². The van der Waals surface area contributed by atoms with Gasteiger partial charge in [0.05, 0.1) is 28.2 Å². The van der Waals surface area contributed by atoms with Crippen LogP contribution in [0.15, 0.2) is 74.6 Å². The number of aromatic amines is 1. The minimum absolute atomic E-state index is 0.282. The molecule has 2 heterocycles. The second-order valence-corrected chi connectivity index (χ2v) is 6.34. The second-order valence-electron chi connectivity index (χ2n) is 6.34. The Kier molecular flexibility index (Phi) is 4.08. The molecule has 6 nitrogen and oxygen atoms in total. The number of hydrogen-bond donors (Lipinski definition) is 1. The largest absolute Gasteiger partial charge is 0.365 e. The quantitative estimate of drug-likeness (QED) is 0.724. The molecule has 0 bridgehead atoms. The molecule has 2 aromatic carbocycles. The van der Waals surface area contributed by atoms with Crippen LogP contribution in [0.2, 0.25) is 0 Å². The summed E-state index contributed by atoms with van der Waals surface area (Å²) >= 11 is 0. The third kappa shape index (κ3) is 3.01. The smallest absolute Gasteiger partial charge is 0.338 e. The van der Waals surface area contributed by atoms with Gasteiger partial charge in [0.25, 0.3) is 5.91 Å². The van der Waals surface area contributed by atoms with Gasteiger partial charge in [-0.2, -0.15) is 10.1 Å². The van der Waals surface area contributed by atoms with E-state index in [1.165, 1.54) is 5.01 Å². The fourth-order valence-corrected chi connectivity index (χ4v) is 2.95. The fourth-order valence-electron chi connectivity index (χ4n) is 2.95. The number of aryl methyl sites for hydroxylation is 1. The third-order valence-corrected chi connectivity index (χ3v) is 4.43. The molecule has 3 aromatic rings. The lowest BCUT2D eigenvalue weighted by Gasteiger charge is -2.11. The van der Waals surface area contributed by atoms with Gasteiger partial charge in [-0.25, -0.2) is 9.95 Å². The summed E-state index contributed by atoms with van der Waals surface area (Å²) in [6.45, 7) is 3.72. The predicted molar refractivity (Wildman–Crippen MR) is 105 cm³/mol. The molecule has 0 saturated carbocycles. The monoisotopic (exact) mass is 359 g/mol. The Morgan fingerprint density at radius 2 is 1.70 bits per heavy atom. The van der Waals surface area contributed by atoms with Crippen molar-refractivity contribution in [3.63, 3.8) is 0 Å². The minimum Gasteiger partial charge on any atom is -0.338 e. The van der Waals surface area contributed by atoms with Crippen LogP contribution in [0.5, 0.6) is 0 Å². The average molecular weight is 359 g/mol. The molecule has 1 aliphatic heterocycles. The van der Waals surface area contributed by atoms with E-state index < -0.39 is 5.63 Å². The van der Waals surface area contributed by atoms with Crippen LogP contribution in [0.4, 0.5) is 5.69 Å². The molecule has 0 saturated heterocycles. The lowest BCUT2D eigenvalue weighted by Crippen LogP contribution is -2.21. The first-order chi connectivity index (χ1) is 13.0. The Morgan fingerprint density at radius 3 is 2.41 bits per heavy atom. The minimum atomic E-state index is -0.532. The van der Waals surface area contributed by atoms with Crippen LogP contribution in [-0.4, -0.2) is 16.8 Å². The molecule has 0 fully saturated rings. The molecule has 4 rings (SSSR count). The average Bonchev–Trinajstić information content (AvgIpc) is 3.18. The molecule has 0 atom stereocenters. The highest BCUT2D eigenvalue weighted by Gasteiger charge is 2.29. The second kappa shape index (κ2) is 6.57. The first-order valence-electron chi connectivity index (χ1n) is 8.50. The highest BCUT2D eigenvalue weighted by Crippen LogP contribution is 2.27. The molecule has 1 aliphatic rings. The van der Waals surface area contributed by atoms with Crippen molar-refractivity contribution >= 4 is 23.4 Å². The van der Waals surface area contributed by atoms with Gasteiger partial charge >= 0.3 is 5.63 Å². The van der Waals surface area contributed by atoms with E-state index >= 15 is 0 Å². The van der Waals surface area contributed by atoms with Gasteiger partial charge in [0.2, 0.25) is 0 Å². The molecule has 1 N–H and O–H groups in total. The number of anilines is 1. The van der Waals surface area contributed by atoms with E-state index in [-0.39, 0.29) is 5.91 Å². The van der Waals surface area contributed by atoms with Crippen LogP contribution in [0.1, 0.15) is 18.1 Å². The Morgan fingerprint density at radius 1 is 1.00 bits per heavy atom. The number of rotatable bonds is 3. The number of H-pyrrole nitrogens is 1. The molecule has 1 aromatic heterocycles. The Balaban J connectivity index is 1.75. The van der Waals surface area contributed by atoms with Gasteiger partial charge in [0.15, 0.2) is 0 Å². The maximum absolute atomic E-state index is 12.9. The highest BCUT2D eigenvalue weighted by atomic mass is 16.5. The summed E-state index contributed by atoms with van der Waals surface area (Å²) in [6, 6.07) is 16.9. The zero-order valence-corrected chi connectivity index (χ0v) is 14.9. The van der Waals surface area contributed by atoms with E-state index in [0.29, 0.717) is 28.2 Å². The predicted octanol–water partition coefficient (Wildman–Crippen LogP) is 3.75. The topological polar surface area (TPSA) is 78.7 Å². The van der Waals surface area contributed by atoms with Crippen LogP contribution in [-0.2, 0) is 4.79 Å². The molecule has 134 valence electrons. The van der Waals surface area contributed by atoms with E-state index in [4.69, 9.17) is 4.52 Å². The van der Waals surface area contributed by atoms with Crippen molar-refractivity contribution in [1.82, 2.24) is 5.16 Å². The maximum atomic E-state index is 12.9. The van der Waals surface area contributed by atoms with Crippen molar-refractivity contribution < 1.29 is 9.32 Å². The van der Waals surface area contributed by atoms with Crippen LogP contribution in [0, 0.1) is 6.92 Å². The van der Waals surface area contributed by atoms with E-state index in [0.717, 1.165) is 11.1 Å². The Labute approximate surface area is 155 Å². The number of nitrogens with zero attached hydrogens (tertiary/aromatic N) is 2. The van der Waals surface area contributed by atoms with Gasteiger partial charge < -0.3 is 4.52 Å². The van der Waals surface area contributed by atoms with Crippen molar-refractivity contribution in [1.29, 1.82) is 0 Å². The Bertz CT molecular complexity index is 1120. The van der Waals surface area contributed by atoms with Crippen molar-refractivity contribution in [2.45, 2.75) is 13.8 Å².